The van der Waals surface area contributed by atoms with Crippen molar-refractivity contribution in [2.24, 2.45) is 0 Å². The van der Waals surface area contributed by atoms with E-state index in [9.17, 15) is 9.59 Å². The van der Waals surface area contributed by atoms with Gasteiger partial charge in [-0.15, -0.1) is 20.4 Å². The first-order chi connectivity index (χ1) is 23.8. The molecular weight excluding hydrogens is 677 g/mol. The zero-order valence-electron chi connectivity index (χ0n) is 28.8. The summed E-state index contributed by atoms with van der Waals surface area (Å²) < 4.78 is 22.8. The first-order valence-electron chi connectivity index (χ1n) is 15.9. The molecule has 5 rings (SSSR count). The molecule has 0 aliphatic heterocycles. The number of rotatable bonds is 14. The minimum atomic E-state index is -0.385. The summed E-state index contributed by atoms with van der Waals surface area (Å²) in [6.07, 6.45) is 0. The Labute approximate surface area is 299 Å². The zero-order chi connectivity index (χ0) is 35.7. The van der Waals surface area contributed by atoms with E-state index in [4.69, 9.17) is 18.9 Å². The first kappa shape index (κ1) is 36.2. The van der Waals surface area contributed by atoms with Crippen molar-refractivity contribution in [2.75, 3.05) is 23.8 Å². The van der Waals surface area contributed by atoms with E-state index in [1.807, 2.05) is 48.5 Å². The molecule has 0 atom stereocenters. The second-order valence-corrected chi connectivity index (χ2v) is 15.4. The van der Waals surface area contributed by atoms with Crippen LogP contribution in [0, 0.1) is 0 Å². The Kier molecular flexibility index (Phi) is 11.6. The van der Waals surface area contributed by atoms with Gasteiger partial charge in [-0.1, -0.05) is 88.5 Å². The van der Waals surface area contributed by atoms with Gasteiger partial charge in [-0.2, -0.15) is 0 Å². The van der Waals surface area contributed by atoms with Crippen LogP contribution in [0.15, 0.2) is 72.8 Å². The van der Waals surface area contributed by atoms with Gasteiger partial charge in [0.05, 0.1) is 0 Å². The number of benzene rings is 3. The van der Waals surface area contributed by atoms with Gasteiger partial charge in [0, 0.05) is 0 Å². The molecule has 0 radical (unpaired) electrons. The summed E-state index contributed by atoms with van der Waals surface area (Å²) >= 11 is 2.45. The summed E-state index contributed by atoms with van der Waals surface area (Å²) in [7, 11) is 0. The van der Waals surface area contributed by atoms with Crippen molar-refractivity contribution in [1.82, 2.24) is 20.4 Å². The summed E-state index contributed by atoms with van der Waals surface area (Å²) in [5, 5.41) is 23.5. The molecule has 12 nitrogen and oxygen atoms in total. The number of ether oxygens (including phenoxy) is 4. The van der Waals surface area contributed by atoms with Gasteiger partial charge in [-0.3, -0.25) is 20.2 Å². The van der Waals surface area contributed by atoms with E-state index >= 15 is 0 Å². The number of aromatic nitrogens is 4. The number of hydrogen-bond acceptors (Lipinski definition) is 12. The van der Waals surface area contributed by atoms with Crippen LogP contribution in [-0.2, 0) is 33.6 Å². The quantitative estimate of drug-likeness (QED) is 0.121. The van der Waals surface area contributed by atoms with E-state index in [0.717, 1.165) is 11.5 Å². The van der Waals surface area contributed by atoms with Gasteiger partial charge in [0.2, 0.25) is 10.3 Å². The molecule has 0 unspecified atom stereocenters. The molecule has 2 N–H and O–H groups in total. The number of amides is 2. The molecule has 2 aromatic heterocycles. The lowest BCUT2D eigenvalue weighted by Crippen LogP contribution is -2.20. The third-order valence-corrected chi connectivity index (χ3v) is 8.78. The third-order valence-electron chi connectivity index (χ3n) is 7.16. The van der Waals surface area contributed by atoms with E-state index in [-0.39, 0.29) is 49.1 Å². The second-order valence-electron chi connectivity index (χ2n) is 13.3. The average Bonchev–Trinajstić information content (AvgIpc) is 3.73. The van der Waals surface area contributed by atoms with Gasteiger partial charge in [-0.05, 0) is 70.5 Å². The Hall–Kier alpha value is -5.08. The number of carbonyl (C=O) groups is 2. The molecule has 0 saturated heterocycles. The number of anilines is 2. The molecule has 0 aliphatic carbocycles. The van der Waals surface area contributed by atoms with Crippen molar-refractivity contribution >= 4 is 44.8 Å². The summed E-state index contributed by atoms with van der Waals surface area (Å²) in [5.41, 5.74) is 2.58. The third kappa shape index (κ3) is 11.0. The van der Waals surface area contributed by atoms with E-state index < -0.39 is 0 Å². The van der Waals surface area contributed by atoms with Crippen LogP contribution in [-0.4, -0.2) is 45.4 Å². The van der Waals surface area contributed by atoms with Gasteiger partial charge < -0.3 is 18.9 Å². The highest BCUT2D eigenvalue weighted by Crippen LogP contribution is 2.27. The fourth-order valence-electron chi connectivity index (χ4n) is 4.36. The Morgan fingerprint density at radius 1 is 0.520 bits per heavy atom. The lowest BCUT2D eigenvalue weighted by atomic mass is 9.87. The molecule has 0 bridgehead atoms. The van der Waals surface area contributed by atoms with Crippen molar-refractivity contribution in [3.8, 4) is 23.0 Å². The summed E-state index contributed by atoms with van der Waals surface area (Å²) in [4.78, 5) is 24.8. The SMILES string of the molecule is CC(C)(C)c1ccc(OCc2nnc(NC(=O)COc3ccc(OCC(=O)Nc4nnc(COc5ccc(C(C)(C)C)cc5)s4)cc3)s2)cc1. The molecule has 0 spiro atoms. The number of nitrogens with zero attached hydrogens (tertiary/aromatic N) is 4. The van der Waals surface area contributed by atoms with Gasteiger partial charge in [0.1, 0.15) is 36.2 Å². The average molecular weight is 717 g/mol. The van der Waals surface area contributed by atoms with Crippen LogP contribution in [0.3, 0.4) is 0 Å². The van der Waals surface area contributed by atoms with Gasteiger partial charge in [-0.25, -0.2) is 0 Å². The lowest BCUT2D eigenvalue weighted by Gasteiger charge is -2.19. The summed E-state index contributed by atoms with van der Waals surface area (Å²) in [6.45, 7) is 13.0. The maximum atomic E-state index is 12.4. The Bertz CT molecular complexity index is 1720. The van der Waals surface area contributed by atoms with Crippen LogP contribution >= 0.6 is 22.7 Å². The minimum Gasteiger partial charge on any atom is -0.486 e. The molecule has 50 heavy (non-hydrogen) atoms. The molecule has 5 aromatic rings. The number of carbonyl (C=O) groups excluding carboxylic acids is 2. The normalized spacial score (nSPS) is 11.5. The van der Waals surface area contributed by atoms with Gasteiger partial charge in [0.25, 0.3) is 11.8 Å². The number of nitrogens with one attached hydrogen (secondary N) is 2. The smallest absolute Gasteiger partial charge is 0.264 e. The summed E-state index contributed by atoms with van der Waals surface area (Å²) in [5.74, 6) is 1.60. The van der Waals surface area contributed by atoms with E-state index in [2.05, 4.69) is 72.6 Å². The highest BCUT2D eigenvalue weighted by atomic mass is 32.1. The summed E-state index contributed by atoms with van der Waals surface area (Å²) in [6, 6.07) is 22.5. The fraction of sp³-hybridized carbons (Fsp3) is 0.333. The van der Waals surface area contributed by atoms with E-state index in [1.165, 1.54) is 33.8 Å². The minimum absolute atomic E-state index is 0.0668. The fourth-order valence-corrected chi connectivity index (χ4v) is 5.70. The van der Waals surface area contributed by atoms with Crippen LogP contribution in [0.5, 0.6) is 23.0 Å². The molecule has 0 saturated carbocycles. The predicted octanol–water partition coefficient (Wildman–Crippen LogP) is 7.18. The van der Waals surface area contributed by atoms with Gasteiger partial charge in [0.15, 0.2) is 23.2 Å². The topological polar surface area (TPSA) is 147 Å². The van der Waals surface area contributed by atoms with Crippen molar-refractivity contribution in [3.05, 3.63) is 93.9 Å². The molecule has 2 amide bonds. The Balaban J connectivity index is 0.977. The molecular formula is C36H40N6O6S2. The van der Waals surface area contributed by atoms with E-state index in [0.29, 0.717) is 31.8 Å². The molecule has 14 heteroatoms. The standard InChI is InChI=1S/C36H40N6O6S2/c1-35(2,3)23-7-11-25(12-8-23)47-21-31-39-41-33(49-31)37-29(43)19-45-27-15-17-28(18-16-27)46-20-30(44)38-34-42-40-32(50-34)22-48-26-13-9-24(10-14-26)36(4,5)6/h7-18H,19-22H2,1-6H3,(H,37,41,43)(H,38,42,44). The van der Waals surface area contributed by atoms with Crippen molar-refractivity contribution in [2.45, 2.75) is 65.6 Å². The maximum absolute atomic E-state index is 12.4. The van der Waals surface area contributed by atoms with Crippen LogP contribution in [0.1, 0.15) is 62.7 Å². The maximum Gasteiger partial charge on any atom is 0.264 e. The lowest BCUT2D eigenvalue weighted by molar-refractivity contribution is -0.118. The van der Waals surface area contributed by atoms with Crippen molar-refractivity contribution in [3.63, 3.8) is 0 Å². The van der Waals surface area contributed by atoms with Crippen LogP contribution < -0.4 is 29.6 Å². The molecule has 0 aliphatic rings. The van der Waals surface area contributed by atoms with Gasteiger partial charge >= 0.3 is 0 Å². The van der Waals surface area contributed by atoms with Crippen molar-refractivity contribution in [1.29, 1.82) is 0 Å². The highest BCUT2D eigenvalue weighted by molar-refractivity contribution is 7.15. The molecule has 262 valence electrons. The van der Waals surface area contributed by atoms with Crippen LogP contribution in [0.2, 0.25) is 0 Å². The Morgan fingerprint density at radius 2 is 0.840 bits per heavy atom. The van der Waals surface area contributed by atoms with Crippen LogP contribution in [0.25, 0.3) is 0 Å². The molecule has 3 aromatic carbocycles. The van der Waals surface area contributed by atoms with Crippen LogP contribution in [0.4, 0.5) is 10.3 Å². The second kappa shape index (κ2) is 16.1. The largest absolute Gasteiger partial charge is 0.486 e. The predicted molar refractivity (Wildman–Crippen MR) is 193 cm³/mol. The first-order valence-corrected chi connectivity index (χ1v) is 17.5. The number of hydrogen-bond donors (Lipinski definition) is 2. The molecule has 2 heterocycles. The zero-order valence-corrected chi connectivity index (χ0v) is 30.4. The monoisotopic (exact) mass is 716 g/mol. The van der Waals surface area contributed by atoms with E-state index in [1.54, 1.807) is 24.3 Å². The molecule has 0 fully saturated rings. The van der Waals surface area contributed by atoms with Crippen molar-refractivity contribution < 1.29 is 28.5 Å². The Morgan fingerprint density at radius 3 is 1.18 bits per heavy atom. The highest BCUT2D eigenvalue weighted by Gasteiger charge is 2.15.